The van der Waals surface area contributed by atoms with E-state index < -0.39 is 32.7 Å². The molecule has 0 saturated heterocycles. The van der Waals surface area contributed by atoms with E-state index in [2.05, 4.69) is 4.84 Å². The molecular weight excluding hydrogens is 348 g/mol. The monoisotopic (exact) mass is 362 g/mol. The van der Waals surface area contributed by atoms with Gasteiger partial charge in [-0.05, 0) is 6.42 Å². The summed E-state index contributed by atoms with van der Waals surface area (Å²) >= 11 is 0. The first kappa shape index (κ1) is 17.5. The van der Waals surface area contributed by atoms with Crippen molar-refractivity contribution in [2.24, 2.45) is 0 Å². The van der Waals surface area contributed by atoms with Crippen LogP contribution in [0.15, 0.2) is 23.1 Å². The van der Waals surface area contributed by atoms with E-state index in [0.717, 1.165) is 4.57 Å². The van der Waals surface area contributed by atoms with Crippen LogP contribution >= 0.6 is 0 Å². The molecule has 0 spiro atoms. The van der Waals surface area contributed by atoms with Crippen LogP contribution in [0.2, 0.25) is 0 Å². The molecule has 0 fully saturated rings. The summed E-state index contributed by atoms with van der Waals surface area (Å²) in [7, 11) is -4.81. The van der Waals surface area contributed by atoms with Crippen LogP contribution in [-0.2, 0) is 21.5 Å². The average Bonchev–Trinajstić information content (AvgIpc) is 2.94. The maximum atomic E-state index is 11.7. The topological polar surface area (TPSA) is 171 Å². The number of rotatable bonds is 6. The van der Waals surface area contributed by atoms with E-state index in [-0.39, 0.29) is 35.9 Å². The lowest BCUT2D eigenvalue weighted by molar-refractivity contribution is -0.145. The molecule has 5 N–H and O–H groups in total. The average molecular weight is 362 g/mol. The van der Waals surface area contributed by atoms with Crippen LogP contribution in [0.3, 0.4) is 0 Å². The summed E-state index contributed by atoms with van der Waals surface area (Å²) in [5, 5.41) is 37.9. The van der Waals surface area contributed by atoms with Gasteiger partial charge in [0, 0.05) is 31.2 Å². The minimum Gasteiger partial charge on any atom is -0.494 e. The summed E-state index contributed by atoms with van der Waals surface area (Å²) in [6.07, 6.45) is -0.113. The Labute approximate surface area is 135 Å². The van der Waals surface area contributed by atoms with Crippen LogP contribution in [-0.4, -0.2) is 48.7 Å². The number of carbonyl (C=O) groups is 1. The van der Waals surface area contributed by atoms with Gasteiger partial charge in [0.2, 0.25) is 5.88 Å². The molecule has 2 rings (SSSR count). The molecule has 0 aliphatic carbocycles. The first-order valence-corrected chi connectivity index (χ1v) is 7.95. The van der Waals surface area contributed by atoms with Crippen molar-refractivity contribution in [2.45, 2.75) is 24.3 Å². The number of aromatic nitrogens is 2. The van der Waals surface area contributed by atoms with Crippen LogP contribution in [0.25, 0.3) is 0 Å². The van der Waals surface area contributed by atoms with E-state index in [4.69, 9.17) is 4.55 Å². The fourth-order valence-electron chi connectivity index (χ4n) is 1.93. The quantitative estimate of drug-likeness (QED) is 0.436. The van der Waals surface area contributed by atoms with Gasteiger partial charge < -0.3 is 25.3 Å². The minimum absolute atomic E-state index is 0.0830. The zero-order valence-electron chi connectivity index (χ0n) is 12.0. The molecule has 0 radical (unpaired) electrons. The van der Waals surface area contributed by atoms with Gasteiger partial charge in [-0.25, -0.2) is 4.79 Å². The second-order valence-corrected chi connectivity index (χ2v) is 6.12. The van der Waals surface area contributed by atoms with Gasteiger partial charge >= 0.3 is 5.97 Å². The van der Waals surface area contributed by atoms with Gasteiger partial charge in [0.25, 0.3) is 16.0 Å². The number of hydrogen-bond acceptors (Lipinski definition) is 8. The Morgan fingerprint density at radius 2 is 1.67 bits per heavy atom. The summed E-state index contributed by atoms with van der Waals surface area (Å²) in [6, 6.07) is 3.04. The van der Waals surface area contributed by atoms with Crippen LogP contribution in [0.4, 0.5) is 0 Å². The highest BCUT2D eigenvalue weighted by molar-refractivity contribution is 7.86. The molecule has 2 aromatic heterocycles. The lowest BCUT2D eigenvalue weighted by atomic mass is 10.3. The molecule has 132 valence electrons. The van der Waals surface area contributed by atoms with Crippen molar-refractivity contribution in [1.82, 2.24) is 9.30 Å². The number of carbonyl (C=O) groups excluding carboxylic acids is 1. The van der Waals surface area contributed by atoms with Crippen molar-refractivity contribution in [1.29, 1.82) is 0 Å². The molecular formula is C12H14N2O9S. The molecule has 2 aromatic rings. The number of hydrogen-bond donors (Lipinski definition) is 5. The molecule has 0 bridgehead atoms. The van der Waals surface area contributed by atoms with Gasteiger partial charge in [0.05, 0.1) is 0 Å². The van der Waals surface area contributed by atoms with E-state index in [1.165, 1.54) is 12.1 Å². The molecule has 11 nitrogen and oxygen atoms in total. The maximum absolute atomic E-state index is 11.7. The van der Waals surface area contributed by atoms with Crippen molar-refractivity contribution >= 4 is 16.1 Å². The Bertz CT molecular complexity index is 846. The Balaban J connectivity index is 2.00. The Morgan fingerprint density at radius 1 is 1.08 bits per heavy atom. The molecule has 0 aromatic carbocycles. The smallest absolute Gasteiger partial charge is 0.333 e. The number of nitrogens with zero attached hydrogens (tertiary/aromatic N) is 2. The molecule has 0 aliphatic rings. The molecule has 24 heavy (non-hydrogen) atoms. The molecule has 0 aliphatic heterocycles. The maximum Gasteiger partial charge on any atom is 0.333 e. The highest BCUT2D eigenvalue weighted by Crippen LogP contribution is 2.30. The van der Waals surface area contributed by atoms with Gasteiger partial charge in [0.1, 0.15) is 0 Å². The van der Waals surface area contributed by atoms with E-state index in [9.17, 15) is 33.6 Å². The second kappa shape index (κ2) is 6.33. The number of aromatic hydroxyl groups is 4. The van der Waals surface area contributed by atoms with Crippen LogP contribution in [0.1, 0.15) is 12.8 Å². The lowest BCUT2D eigenvalue weighted by Crippen LogP contribution is -2.19. The van der Waals surface area contributed by atoms with E-state index in [0.29, 0.717) is 6.07 Å². The third kappa shape index (κ3) is 3.55. The Hall–Kier alpha value is -2.86. The molecule has 12 heteroatoms. The standard InChI is InChI=1S/C12H14N2O9S/c15-8-3-4-9(16)13(8)5-1-2-11(18)23-14-10(17)6-7(12(14)19)24(20,21)22/h3-4,6,15-17,19H,1-2,5H2,(H,20,21,22). The second-order valence-electron chi connectivity index (χ2n) is 4.73. The molecule has 0 atom stereocenters. The summed E-state index contributed by atoms with van der Waals surface area (Å²) in [6.45, 7) is 0.0830. The van der Waals surface area contributed by atoms with Crippen LogP contribution in [0, 0.1) is 0 Å². The summed E-state index contributed by atoms with van der Waals surface area (Å²) in [5.74, 6) is -3.40. The van der Waals surface area contributed by atoms with E-state index in [1.807, 2.05) is 0 Å². The normalized spacial score (nSPS) is 11.5. The van der Waals surface area contributed by atoms with Crippen LogP contribution < -0.4 is 4.84 Å². The minimum atomic E-state index is -4.81. The van der Waals surface area contributed by atoms with E-state index >= 15 is 0 Å². The highest BCUT2D eigenvalue weighted by atomic mass is 32.2. The highest BCUT2D eigenvalue weighted by Gasteiger charge is 2.25. The fourth-order valence-corrected chi connectivity index (χ4v) is 2.50. The third-order valence-corrected chi connectivity index (χ3v) is 3.91. The summed E-state index contributed by atoms with van der Waals surface area (Å²) < 4.78 is 32.0. The largest absolute Gasteiger partial charge is 0.494 e. The Morgan fingerprint density at radius 3 is 2.17 bits per heavy atom. The van der Waals surface area contributed by atoms with Crippen molar-refractivity contribution < 1.29 is 43.0 Å². The van der Waals surface area contributed by atoms with Crippen molar-refractivity contribution in [3.63, 3.8) is 0 Å². The van der Waals surface area contributed by atoms with Gasteiger partial charge in [-0.3, -0.25) is 9.12 Å². The lowest BCUT2D eigenvalue weighted by Gasteiger charge is -2.08. The third-order valence-electron chi connectivity index (χ3n) is 3.05. The summed E-state index contributed by atoms with van der Waals surface area (Å²) in [5.41, 5.74) is 0. The van der Waals surface area contributed by atoms with Crippen molar-refractivity contribution in [3.05, 3.63) is 18.2 Å². The first-order valence-electron chi connectivity index (χ1n) is 6.51. The van der Waals surface area contributed by atoms with Crippen molar-refractivity contribution in [2.75, 3.05) is 0 Å². The molecule has 0 saturated carbocycles. The van der Waals surface area contributed by atoms with Crippen LogP contribution in [0.5, 0.6) is 23.5 Å². The SMILES string of the molecule is O=C(CCCn1c(O)ccc1O)On1c(O)cc(S(=O)(=O)O)c1O. The van der Waals surface area contributed by atoms with Gasteiger partial charge in [-0.1, -0.05) is 0 Å². The molecule has 0 amide bonds. The zero-order chi connectivity index (χ0) is 18.1. The van der Waals surface area contributed by atoms with E-state index in [1.54, 1.807) is 0 Å². The molecule has 0 unspecified atom stereocenters. The van der Waals surface area contributed by atoms with Crippen molar-refractivity contribution in [3.8, 4) is 23.5 Å². The van der Waals surface area contributed by atoms with Gasteiger partial charge in [-0.15, -0.1) is 4.73 Å². The van der Waals surface area contributed by atoms with Gasteiger partial charge in [0.15, 0.2) is 16.7 Å². The fraction of sp³-hybridized carbons (Fsp3) is 0.250. The first-order chi connectivity index (χ1) is 11.1. The predicted octanol–water partition coefficient (Wildman–Crippen LogP) is -0.206. The Kier molecular flexibility index (Phi) is 4.61. The molecule has 2 heterocycles. The predicted molar refractivity (Wildman–Crippen MR) is 76.2 cm³/mol. The van der Waals surface area contributed by atoms with Gasteiger partial charge in [-0.2, -0.15) is 8.42 Å². The summed E-state index contributed by atoms with van der Waals surface area (Å²) in [4.78, 5) is 15.2. The zero-order valence-corrected chi connectivity index (χ0v) is 12.8.